The van der Waals surface area contributed by atoms with Gasteiger partial charge in [-0.15, -0.1) is 6.58 Å². The summed E-state index contributed by atoms with van der Waals surface area (Å²) in [6.07, 6.45) is 3.88. The Balaban J connectivity index is 2.69. The minimum Gasteiger partial charge on any atom is -0.481 e. The molecule has 0 aliphatic heterocycles. The van der Waals surface area contributed by atoms with Crippen molar-refractivity contribution in [2.75, 3.05) is 0 Å². The highest BCUT2D eigenvalue weighted by atomic mass is 16.4. The number of hydrogen-bond donors (Lipinski definition) is 2. The van der Waals surface area contributed by atoms with Crippen molar-refractivity contribution in [1.29, 1.82) is 0 Å². The lowest BCUT2D eigenvalue weighted by Crippen LogP contribution is -2.39. The van der Waals surface area contributed by atoms with Gasteiger partial charge in [0.05, 0.1) is 11.8 Å². The highest BCUT2D eigenvalue weighted by Crippen LogP contribution is 2.38. The molecule has 17 heavy (non-hydrogen) atoms. The van der Waals surface area contributed by atoms with Crippen molar-refractivity contribution in [2.24, 2.45) is 17.8 Å². The van der Waals surface area contributed by atoms with E-state index >= 15 is 0 Å². The van der Waals surface area contributed by atoms with Crippen molar-refractivity contribution >= 4 is 11.9 Å². The van der Waals surface area contributed by atoms with Gasteiger partial charge in [-0.1, -0.05) is 19.4 Å². The van der Waals surface area contributed by atoms with Crippen LogP contribution in [0.15, 0.2) is 12.7 Å². The van der Waals surface area contributed by atoms with Gasteiger partial charge in [-0.05, 0) is 25.7 Å². The standard InChI is InChI=1S/C13H21NO3/c1-4-8(3)14-12(15)10-6-9(5-2)7-11(10)13(16)17/h4,8-11H,1,5-7H2,2-3H3,(H,14,15)(H,16,17)/t8?,9?,10-,11+/m0/s1. The van der Waals surface area contributed by atoms with Crippen LogP contribution in [0.2, 0.25) is 0 Å². The van der Waals surface area contributed by atoms with Crippen LogP contribution in [-0.2, 0) is 9.59 Å². The smallest absolute Gasteiger partial charge is 0.307 e. The van der Waals surface area contributed by atoms with Crippen LogP contribution in [0.4, 0.5) is 0 Å². The van der Waals surface area contributed by atoms with Gasteiger partial charge in [0, 0.05) is 6.04 Å². The van der Waals surface area contributed by atoms with Gasteiger partial charge < -0.3 is 10.4 Å². The Morgan fingerprint density at radius 3 is 2.53 bits per heavy atom. The molecule has 0 bridgehead atoms. The molecular weight excluding hydrogens is 218 g/mol. The SMILES string of the molecule is C=CC(C)NC(=O)[C@H]1CC(CC)C[C@H]1C(=O)O. The van der Waals surface area contributed by atoms with E-state index in [1.54, 1.807) is 6.08 Å². The molecule has 1 rings (SSSR count). The molecule has 1 aliphatic carbocycles. The summed E-state index contributed by atoms with van der Waals surface area (Å²) in [5.41, 5.74) is 0. The molecule has 1 aliphatic rings. The molecule has 96 valence electrons. The quantitative estimate of drug-likeness (QED) is 0.719. The highest BCUT2D eigenvalue weighted by molar-refractivity contribution is 5.85. The number of rotatable bonds is 5. The number of hydrogen-bond acceptors (Lipinski definition) is 2. The van der Waals surface area contributed by atoms with E-state index in [2.05, 4.69) is 11.9 Å². The van der Waals surface area contributed by atoms with Crippen molar-refractivity contribution in [3.63, 3.8) is 0 Å². The summed E-state index contributed by atoms with van der Waals surface area (Å²) in [5, 5.41) is 11.9. The average molecular weight is 239 g/mol. The zero-order valence-corrected chi connectivity index (χ0v) is 10.5. The molecule has 0 aromatic rings. The Morgan fingerprint density at radius 2 is 2.06 bits per heavy atom. The number of carboxylic acids is 1. The molecule has 4 nitrogen and oxygen atoms in total. The van der Waals surface area contributed by atoms with Gasteiger partial charge in [0.2, 0.25) is 5.91 Å². The van der Waals surface area contributed by atoms with E-state index in [-0.39, 0.29) is 17.9 Å². The summed E-state index contributed by atoms with van der Waals surface area (Å²) in [5.74, 6) is -1.57. The third-order valence-electron chi connectivity index (χ3n) is 3.62. The summed E-state index contributed by atoms with van der Waals surface area (Å²) in [7, 11) is 0. The lowest BCUT2D eigenvalue weighted by Gasteiger charge is -2.17. The normalized spacial score (nSPS) is 29.6. The van der Waals surface area contributed by atoms with Gasteiger partial charge >= 0.3 is 5.97 Å². The zero-order chi connectivity index (χ0) is 13.0. The number of carbonyl (C=O) groups is 2. The van der Waals surface area contributed by atoms with Crippen molar-refractivity contribution < 1.29 is 14.7 Å². The van der Waals surface area contributed by atoms with Gasteiger partial charge in [-0.25, -0.2) is 0 Å². The monoisotopic (exact) mass is 239 g/mol. The molecule has 0 heterocycles. The van der Waals surface area contributed by atoms with Crippen LogP contribution in [0.5, 0.6) is 0 Å². The van der Waals surface area contributed by atoms with E-state index in [1.807, 2.05) is 13.8 Å². The summed E-state index contributed by atoms with van der Waals surface area (Å²) >= 11 is 0. The second-order valence-corrected chi connectivity index (χ2v) is 4.83. The minimum atomic E-state index is -0.854. The molecular formula is C13H21NO3. The first-order valence-corrected chi connectivity index (χ1v) is 6.15. The molecule has 0 spiro atoms. The topological polar surface area (TPSA) is 66.4 Å². The van der Waals surface area contributed by atoms with Crippen LogP contribution in [0, 0.1) is 17.8 Å². The molecule has 0 saturated heterocycles. The average Bonchev–Trinajstić information content (AvgIpc) is 2.72. The maximum Gasteiger partial charge on any atom is 0.307 e. The molecule has 2 unspecified atom stereocenters. The first kappa shape index (κ1) is 13.7. The Labute approximate surface area is 102 Å². The van der Waals surface area contributed by atoms with Crippen molar-refractivity contribution in [1.82, 2.24) is 5.32 Å². The van der Waals surface area contributed by atoms with Gasteiger partial charge in [-0.3, -0.25) is 9.59 Å². The lowest BCUT2D eigenvalue weighted by atomic mass is 9.95. The first-order valence-electron chi connectivity index (χ1n) is 6.15. The number of aliphatic carboxylic acids is 1. The Bertz CT molecular complexity index is 314. The summed E-state index contributed by atoms with van der Waals surface area (Å²) in [6.45, 7) is 7.46. The molecule has 0 aromatic heterocycles. The van der Waals surface area contributed by atoms with Crippen molar-refractivity contribution in [2.45, 2.75) is 39.2 Å². The van der Waals surface area contributed by atoms with E-state index in [4.69, 9.17) is 5.11 Å². The third-order valence-corrected chi connectivity index (χ3v) is 3.62. The maximum atomic E-state index is 12.0. The van der Waals surface area contributed by atoms with E-state index in [0.29, 0.717) is 18.8 Å². The molecule has 1 saturated carbocycles. The highest BCUT2D eigenvalue weighted by Gasteiger charge is 2.42. The summed E-state index contributed by atoms with van der Waals surface area (Å²) in [4.78, 5) is 23.1. The summed E-state index contributed by atoms with van der Waals surface area (Å²) < 4.78 is 0. The van der Waals surface area contributed by atoms with Crippen LogP contribution in [-0.4, -0.2) is 23.0 Å². The second-order valence-electron chi connectivity index (χ2n) is 4.83. The van der Waals surface area contributed by atoms with Crippen LogP contribution >= 0.6 is 0 Å². The first-order chi connectivity index (χ1) is 7.99. The number of amides is 1. The fourth-order valence-electron chi connectivity index (χ4n) is 2.43. The number of carboxylic acid groups (broad SMARTS) is 1. The van der Waals surface area contributed by atoms with Crippen LogP contribution in [0.25, 0.3) is 0 Å². The maximum absolute atomic E-state index is 12.0. The zero-order valence-electron chi connectivity index (χ0n) is 10.5. The van der Waals surface area contributed by atoms with Crippen LogP contribution in [0.3, 0.4) is 0 Å². The Morgan fingerprint density at radius 1 is 1.47 bits per heavy atom. The van der Waals surface area contributed by atoms with E-state index in [0.717, 1.165) is 6.42 Å². The number of carbonyl (C=O) groups excluding carboxylic acids is 1. The fraction of sp³-hybridized carbons (Fsp3) is 0.692. The lowest BCUT2D eigenvalue weighted by molar-refractivity contribution is -0.146. The third kappa shape index (κ3) is 3.32. The van der Waals surface area contributed by atoms with Crippen molar-refractivity contribution in [3.8, 4) is 0 Å². The van der Waals surface area contributed by atoms with E-state index in [1.165, 1.54) is 0 Å². The summed E-state index contributed by atoms with van der Waals surface area (Å²) in [6, 6.07) is -0.113. The molecule has 0 radical (unpaired) electrons. The molecule has 0 aromatic carbocycles. The van der Waals surface area contributed by atoms with Crippen LogP contribution in [0.1, 0.15) is 33.1 Å². The van der Waals surface area contributed by atoms with E-state index < -0.39 is 11.9 Å². The predicted molar refractivity (Wildman–Crippen MR) is 65.4 cm³/mol. The molecule has 1 fully saturated rings. The number of nitrogens with one attached hydrogen (secondary N) is 1. The van der Waals surface area contributed by atoms with Gasteiger partial charge in [0.1, 0.15) is 0 Å². The minimum absolute atomic E-state index is 0.113. The molecule has 4 atom stereocenters. The molecule has 2 N–H and O–H groups in total. The fourth-order valence-corrected chi connectivity index (χ4v) is 2.43. The molecule has 4 heteroatoms. The van der Waals surface area contributed by atoms with E-state index in [9.17, 15) is 9.59 Å². The van der Waals surface area contributed by atoms with Gasteiger partial charge in [0.25, 0.3) is 0 Å². The van der Waals surface area contributed by atoms with Gasteiger partial charge in [-0.2, -0.15) is 0 Å². The van der Waals surface area contributed by atoms with Gasteiger partial charge in [0.15, 0.2) is 0 Å². The van der Waals surface area contributed by atoms with Crippen LogP contribution < -0.4 is 5.32 Å². The molecule has 1 amide bonds. The van der Waals surface area contributed by atoms with Crippen molar-refractivity contribution in [3.05, 3.63) is 12.7 Å². The Hall–Kier alpha value is -1.32. The second kappa shape index (κ2) is 5.84. The Kier molecular flexibility index (Phi) is 4.73. The predicted octanol–water partition coefficient (Wildman–Crippen LogP) is 1.81. The largest absolute Gasteiger partial charge is 0.481 e.